The number of ether oxygens (including phenoxy) is 2. The zero-order chi connectivity index (χ0) is 15.5. The third-order valence-corrected chi connectivity index (χ3v) is 4.53. The lowest BCUT2D eigenvalue weighted by Gasteiger charge is -2.43. The average molecular weight is 332 g/mol. The lowest BCUT2D eigenvalue weighted by Crippen LogP contribution is -2.51. The Morgan fingerprint density at radius 1 is 1.43 bits per heavy atom. The van der Waals surface area contributed by atoms with E-state index in [-0.39, 0.29) is 5.91 Å². The Kier molecular flexibility index (Phi) is 5.49. The first kappa shape index (κ1) is 16.6. The highest BCUT2D eigenvalue weighted by molar-refractivity contribution is 6.42. The monoisotopic (exact) mass is 331 g/mol. The van der Waals surface area contributed by atoms with Gasteiger partial charge >= 0.3 is 0 Å². The Morgan fingerprint density at radius 3 is 2.81 bits per heavy atom. The number of morpholine rings is 1. The van der Waals surface area contributed by atoms with E-state index in [1.165, 1.54) is 0 Å². The molecule has 1 aromatic carbocycles. The first-order valence-electron chi connectivity index (χ1n) is 6.82. The van der Waals surface area contributed by atoms with E-state index in [1.54, 1.807) is 25.0 Å². The van der Waals surface area contributed by atoms with E-state index >= 15 is 0 Å². The van der Waals surface area contributed by atoms with E-state index in [1.807, 2.05) is 12.1 Å². The average Bonchev–Trinajstić information content (AvgIpc) is 2.48. The predicted molar refractivity (Wildman–Crippen MR) is 82.8 cm³/mol. The van der Waals surface area contributed by atoms with Crippen LogP contribution in [0.5, 0.6) is 0 Å². The van der Waals surface area contributed by atoms with Gasteiger partial charge in [0.1, 0.15) is 5.60 Å². The molecule has 0 bridgehead atoms. The number of methoxy groups -OCH3 is 1. The Balaban J connectivity index is 2.35. The van der Waals surface area contributed by atoms with Crippen LogP contribution in [-0.2, 0) is 19.9 Å². The van der Waals surface area contributed by atoms with Crippen molar-refractivity contribution in [3.63, 3.8) is 0 Å². The molecule has 2 rings (SSSR count). The second-order valence-electron chi connectivity index (χ2n) is 5.16. The molecule has 1 atom stereocenters. The number of carbonyl (C=O) groups excluding carboxylic acids is 1. The predicted octanol–water partition coefficient (Wildman–Crippen LogP) is 3.10. The number of benzene rings is 1. The second kappa shape index (κ2) is 6.97. The highest BCUT2D eigenvalue weighted by atomic mass is 35.5. The quantitative estimate of drug-likeness (QED) is 0.850. The van der Waals surface area contributed by atoms with E-state index in [4.69, 9.17) is 32.7 Å². The highest BCUT2D eigenvalue weighted by Crippen LogP contribution is 2.36. The summed E-state index contributed by atoms with van der Waals surface area (Å²) in [4.78, 5) is 13.5. The lowest BCUT2D eigenvalue weighted by atomic mass is 9.88. The van der Waals surface area contributed by atoms with Crippen LogP contribution in [0.4, 0.5) is 0 Å². The Bertz CT molecular complexity index is 524. The number of hydrogen-bond donors (Lipinski definition) is 0. The number of hydrogen-bond acceptors (Lipinski definition) is 3. The van der Waals surface area contributed by atoms with Gasteiger partial charge in [0, 0.05) is 33.6 Å². The Hall–Kier alpha value is -0.810. The van der Waals surface area contributed by atoms with Gasteiger partial charge in [0.25, 0.3) is 0 Å². The maximum atomic E-state index is 11.7. The third-order valence-electron chi connectivity index (χ3n) is 3.79. The van der Waals surface area contributed by atoms with Gasteiger partial charge in [0.2, 0.25) is 5.91 Å². The van der Waals surface area contributed by atoms with Crippen LogP contribution < -0.4 is 0 Å². The molecule has 1 saturated heterocycles. The fourth-order valence-corrected chi connectivity index (χ4v) is 2.87. The molecule has 0 aliphatic carbocycles. The summed E-state index contributed by atoms with van der Waals surface area (Å²) in [5.41, 5.74) is 0.314. The van der Waals surface area contributed by atoms with Gasteiger partial charge in [0.15, 0.2) is 0 Å². The summed E-state index contributed by atoms with van der Waals surface area (Å²) in [6.45, 7) is 3.69. The van der Waals surface area contributed by atoms with E-state index in [0.717, 1.165) is 5.56 Å². The van der Waals surface area contributed by atoms with Crippen LogP contribution in [0.25, 0.3) is 0 Å². The van der Waals surface area contributed by atoms with Gasteiger partial charge in [-0.15, -0.1) is 0 Å². The zero-order valence-electron chi connectivity index (χ0n) is 12.2. The number of halogens is 2. The minimum Gasteiger partial charge on any atom is -0.385 e. The Morgan fingerprint density at radius 2 is 2.19 bits per heavy atom. The van der Waals surface area contributed by atoms with Crippen molar-refractivity contribution in [2.45, 2.75) is 18.9 Å². The SMILES string of the molecule is COCCC1(c2ccc(Cl)c(Cl)c2)CN(C(C)=O)CCO1. The molecule has 0 aromatic heterocycles. The van der Waals surface area contributed by atoms with E-state index in [9.17, 15) is 4.79 Å². The molecule has 0 spiro atoms. The maximum absolute atomic E-state index is 11.7. The minimum absolute atomic E-state index is 0.0418. The van der Waals surface area contributed by atoms with Gasteiger partial charge in [0.05, 0.1) is 23.2 Å². The van der Waals surface area contributed by atoms with E-state index < -0.39 is 5.60 Å². The van der Waals surface area contributed by atoms with Crippen molar-refractivity contribution < 1.29 is 14.3 Å². The van der Waals surface area contributed by atoms with Gasteiger partial charge in [-0.05, 0) is 17.7 Å². The van der Waals surface area contributed by atoms with Crippen molar-refractivity contribution in [2.24, 2.45) is 0 Å². The van der Waals surface area contributed by atoms with Crippen LogP contribution in [0.1, 0.15) is 18.9 Å². The molecule has 1 fully saturated rings. The lowest BCUT2D eigenvalue weighted by molar-refractivity contribution is -0.154. The zero-order valence-corrected chi connectivity index (χ0v) is 13.7. The standard InChI is InChI=1S/C15H19Cl2NO3/c1-11(19)18-6-8-21-15(10-18,5-7-20-2)12-3-4-13(16)14(17)9-12/h3-4,9H,5-8,10H2,1-2H3. The first-order chi connectivity index (χ1) is 9.98. The third kappa shape index (κ3) is 3.69. The molecule has 0 radical (unpaired) electrons. The topological polar surface area (TPSA) is 38.8 Å². The molecule has 6 heteroatoms. The molecule has 1 aliphatic rings. The summed E-state index contributed by atoms with van der Waals surface area (Å²) >= 11 is 12.1. The van der Waals surface area contributed by atoms with Crippen molar-refractivity contribution in [3.8, 4) is 0 Å². The molecule has 116 valence electrons. The van der Waals surface area contributed by atoms with Crippen molar-refractivity contribution in [3.05, 3.63) is 33.8 Å². The van der Waals surface area contributed by atoms with Gasteiger partial charge in [-0.1, -0.05) is 29.3 Å². The van der Waals surface area contributed by atoms with Crippen LogP contribution in [0.15, 0.2) is 18.2 Å². The highest BCUT2D eigenvalue weighted by Gasteiger charge is 2.39. The summed E-state index contributed by atoms with van der Waals surface area (Å²) in [5.74, 6) is 0.0418. The number of rotatable bonds is 4. The normalized spacial score (nSPS) is 22.4. The molecule has 21 heavy (non-hydrogen) atoms. The molecule has 1 heterocycles. The van der Waals surface area contributed by atoms with Crippen LogP contribution >= 0.6 is 23.2 Å². The molecule has 1 amide bonds. The van der Waals surface area contributed by atoms with Crippen LogP contribution in [0, 0.1) is 0 Å². The molecule has 0 N–H and O–H groups in total. The van der Waals surface area contributed by atoms with Gasteiger partial charge < -0.3 is 14.4 Å². The molecule has 1 aromatic rings. The molecule has 0 saturated carbocycles. The van der Waals surface area contributed by atoms with Crippen molar-refractivity contribution in [2.75, 3.05) is 33.4 Å². The van der Waals surface area contributed by atoms with Crippen LogP contribution in [0.2, 0.25) is 10.0 Å². The minimum atomic E-state index is -0.603. The van der Waals surface area contributed by atoms with Gasteiger partial charge in [-0.25, -0.2) is 0 Å². The number of carbonyl (C=O) groups is 1. The summed E-state index contributed by atoms with van der Waals surface area (Å²) in [7, 11) is 1.65. The van der Waals surface area contributed by atoms with Gasteiger partial charge in [-0.3, -0.25) is 4.79 Å². The van der Waals surface area contributed by atoms with E-state index in [0.29, 0.717) is 42.8 Å². The summed E-state index contributed by atoms with van der Waals surface area (Å²) in [5, 5.41) is 0.982. The van der Waals surface area contributed by atoms with Gasteiger partial charge in [-0.2, -0.15) is 0 Å². The van der Waals surface area contributed by atoms with E-state index in [2.05, 4.69) is 0 Å². The Labute approximate surface area is 134 Å². The molecule has 1 unspecified atom stereocenters. The summed E-state index contributed by atoms with van der Waals surface area (Å²) in [6.07, 6.45) is 0.644. The number of nitrogens with zero attached hydrogens (tertiary/aromatic N) is 1. The molecular weight excluding hydrogens is 313 g/mol. The van der Waals surface area contributed by atoms with Crippen LogP contribution in [0.3, 0.4) is 0 Å². The molecule has 4 nitrogen and oxygen atoms in total. The second-order valence-corrected chi connectivity index (χ2v) is 5.97. The van der Waals surface area contributed by atoms with Crippen molar-refractivity contribution in [1.82, 2.24) is 4.90 Å². The number of amides is 1. The summed E-state index contributed by atoms with van der Waals surface area (Å²) < 4.78 is 11.3. The fourth-order valence-electron chi connectivity index (χ4n) is 2.57. The smallest absolute Gasteiger partial charge is 0.219 e. The first-order valence-corrected chi connectivity index (χ1v) is 7.58. The maximum Gasteiger partial charge on any atom is 0.219 e. The van der Waals surface area contributed by atoms with Crippen molar-refractivity contribution in [1.29, 1.82) is 0 Å². The molecular formula is C15H19Cl2NO3. The fraction of sp³-hybridized carbons (Fsp3) is 0.533. The summed E-state index contributed by atoms with van der Waals surface area (Å²) in [6, 6.07) is 5.46. The van der Waals surface area contributed by atoms with Crippen molar-refractivity contribution >= 4 is 29.1 Å². The van der Waals surface area contributed by atoms with Crippen LogP contribution in [-0.4, -0.2) is 44.2 Å². The molecule has 1 aliphatic heterocycles. The largest absolute Gasteiger partial charge is 0.385 e.